The highest BCUT2D eigenvalue weighted by Crippen LogP contribution is 2.15. The minimum atomic E-state index is 0.358. The monoisotopic (exact) mass is 258 g/mol. The van der Waals surface area contributed by atoms with E-state index in [4.69, 9.17) is 16.9 Å². The number of hydrogen-bond donors (Lipinski definition) is 0. The standard InChI is InChI=1S/C16H6N2S/c1-2-13-7-16(10-18)14(8-15(13)9-17)4-3-12-5-6-19-11-12/h1,5-8,11H. The summed E-state index contributed by atoms with van der Waals surface area (Å²) in [6.07, 6.45) is 5.31. The van der Waals surface area contributed by atoms with Gasteiger partial charge in [-0.15, -0.1) is 6.42 Å². The first-order valence-electron chi connectivity index (χ1n) is 5.27. The number of terminal acetylenes is 1. The maximum Gasteiger partial charge on any atom is 0.100 e. The van der Waals surface area contributed by atoms with Crippen molar-refractivity contribution in [2.24, 2.45) is 0 Å². The fourth-order valence-electron chi connectivity index (χ4n) is 1.48. The Labute approximate surface area is 115 Å². The molecule has 0 radical (unpaired) electrons. The van der Waals surface area contributed by atoms with E-state index >= 15 is 0 Å². The molecule has 0 aliphatic carbocycles. The highest BCUT2D eigenvalue weighted by atomic mass is 32.1. The van der Waals surface area contributed by atoms with E-state index in [1.165, 1.54) is 6.07 Å². The van der Waals surface area contributed by atoms with Gasteiger partial charge in [-0.05, 0) is 23.6 Å². The van der Waals surface area contributed by atoms with Crippen LogP contribution in [0.3, 0.4) is 0 Å². The lowest BCUT2D eigenvalue weighted by Crippen LogP contribution is -1.91. The van der Waals surface area contributed by atoms with Crippen molar-refractivity contribution in [2.45, 2.75) is 0 Å². The van der Waals surface area contributed by atoms with Gasteiger partial charge in [0.15, 0.2) is 0 Å². The summed E-state index contributed by atoms with van der Waals surface area (Å²) in [5, 5.41) is 22.0. The van der Waals surface area contributed by atoms with Crippen LogP contribution in [0.1, 0.15) is 27.8 Å². The summed E-state index contributed by atoms with van der Waals surface area (Å²) < 4.78 is 0. The zero-order valence-electron chi connectivity index (χ0n) is 9.77. The zero-order chi connectivity index (χ0) is 13.7. The van der Waals surface area contributed by atoms with Crippen molar-refractivity contribution in [2.75, 3.05) is 0 Å². The third-order valence-electron chi connectivity index (χ3n) is 2.42. The molecule has 0 bridgehead atoms. The van der Waals surface area contributed by atoms with Gasteiger partial charge in [0.1, 0.15) is 12.1 Å². The molecule has 19 heavy (non-hydrogen) atoms. The van der Waals surface area contributed by atoms with Crippen LogP contribution in [0, 0.1) is 46.8 Å². The fourth-order valence-corrected chi connectivity index (χ4v) is 2.07. The zero-order valence-corrected chi connectivity index (χ0v) is 10.6. The predicted molar refractivity (Wildman–Crippen MR) is 74.1 cm³/mol. The normalized spacial score (nSPS) is 8.47. The molecule has 0 amide bonds. The first-order valence-corrected chi connectivity index (χ1v) is 6.22. The number of hydrogen-bond acceptors (Lipinski definition) is 3. The van der Waals surface area contributed by atoms with E-state index in [0.717, 1.165) is 5.56 Å². The summed E-state index contributed by atoms with van der Waals surface area (Å²) in [4.78, 5) is 0. The number of nitrogens with zero attached hydrogens (tertiary/aromatic N) is 2. The molecule has 0 aliphatic rings. The summed E-state index contributed by atoms with van der Waals surface area (Å²) in [5.74, 6) is 8.26. The average Bonchev–Trinajstić information content (AvgIpc) is 2.97. The molecule has 0 aliphatic heterocycles. The van der Waals surface area contributed by atoms with Crippen LogP contribution >= 0.6 is 11.3 Å². The molecule has 0 unspecified atom stereocenters. The summed E-state index contributed by atoms with van der Waals surface area (Å²) >= 11 is 1.55. The molecule has 3 heteroatoms. The molecule has 0 spiro atoms. The Bertz CT molecular complexity index is 798. The molecule has 86 valence electrons. The van der Waals surface area contributed by atoms with Crippen molar-refractivity contribution in [3.05, 3.63) is 56.8 Å². The van der Waals surface area contributed by atoms with Gasteiger partial charge in [-0.3, -0.25) is 0 Å². The SMILES string of the molecule is C#Cc1cc(C#N)c(C#Cc2ccsc2)cc1C#N. The molecule has 1 heterocycles. The first kappa shape index (κ1) is 12.5. The smallest absolute Gasteiger partial charge is 0.100 e. The van der Waals surface area contributed by atoms with Gasteiger partial charge in [-0.2, -0.15) is 21.9 Å². The van der Waals surface area contributed by atoms with Gasteiger partial charge < -0.3 is 0 Å². The average molecular weight is 258 g/mol. The van der Waals surface area contributed by atoms with Gasteiger partial charge in [-0.25, -0.2) is 0 Å². The lowest BCUT2D eigenvalue weighted by Gasteiger charge is -1.99. The minimum Gasteiger partial charge on any atom is -0.192 e. The molecule has 2 nitrogen and oxygen atoms in total. The van der Waals surface area contributed by atoms with Crippen LogP contribution in [-0.4, -0.2) is 0 Å². The molecule has 1 aromatic heterocycles. The fraction of sp³-hybridized carbons (Fsp3) is 0. The third kappa shape index (κ3) is 2.65. The lowest BCUT2D eigenvalue weighted by atomic mass is 10.00. The summed E-state index contributed by atoms with van der Waals surface area (Å²) in [5.41, 5.74) is 2.56. The molecule has 1 aromatic carbocycles. The van der Waals surface area contributed by atoms with Gasteiger partial charge in [0.05, 0.1) is 11.1 Å². The Balaban J connectivity index is 2.56. The molecular formula is C16H6N2S. The second-order valence-corrected chi connectivity index (χ2v) is 4.35. The second-order valence-electron chi connectivity index (χ2n) is 3.57. The highest BCUT2D eigenvalue weighted by molar-refractivity contribution is 7.08. The molecule has 0 fully saturated rings. The van der Waals surface area contributed by atoms with Crippen LogP contribution in [0.5, 0.6) is 0 Å². The largest absolute Gasteiger partial charge is 0.192 e. The lowest BCUT2D eigenvalue weighted by molar-refractivity contribution is 1.42. The number of thiophene rings is 1. The Morgan fingerprint density at radius 3 is 2.21 bits per heavy atom. The van der Waals surface area contributed by atoms with Gasteiger partial charge in [0.25, 0.3) is 0 Å². The van der Waals surface area contributed by atoms with Gasteiger partial charge in [0.2, 0.25) is 0 Å². The maximum absolute atomic E-state index is 9.09. The van der Waals surface area contributed by atoms with Crippen LogP contribution in [0.15, 0.2) is 29.0 Å². The van der Waals surface area contributed by atoms with Crippen LogP contribution in [-0.2, 0) is 0 Å². The van der Waals surface area contributed by atoms with Crippen molar-refractivity contribution < 1.29 is 0 Å². The first-order chi connectivity index (χ1) is 9.28. The van der Waals surface area contributed by atoms with E-state index in [0.29, 0.717) is 22.3 Å². The molecule has 0 saturated heterocycles. The minimum absolute atomic E-state index is 0.358. The maximum atomic E-state index is 9.09. The number of rotatable bonds is 0. The Hall–Kier alpha value is -2.98. The van der Waals surface area contributed by atoms with E-state index in [1.807, 2.05) is 29.0 Å². The summed E-state index contributed by atoms with van der Waals surface area (Å²) in [6.45, 7) is 0. The Morgan fingerprint density at radius 1 is 0.947 bits per heavy atom. The van der Waals surface area contributed by atoms with Crippen molar-refractivity contribution in [1.29, 1.82) is 10.5 Å². The van der Waals surface area contributed by atoms with Crippen LogP contribution < -0.4 is 0 Å². The molecule has 2 aromatic rings. The Kier molecular flexibility index (Phi) is 3.66. The topological polar surface area (TPSA) is 47.6 Å². The number of nitriles is 2. The van der Waals surface area contributed by atoms with E-state index in [1.54, 1.807) is 17.4 Å². The van der Waals surface area contributed by atoms with E-state index in [-0.39, 0.29) is 0 Å². The van der Waals surface area contributed by atoms with Gasteiger partial charge in [-0.1, -0.05) is 17.8 Å². The molecule has 2 rings (SSSR count). The third-order valence-corrected chi connectivity index (χ3v) is 3.10. The van der Waals surface area contributed by atoms with Crippen LogP contribution in [0.4, 0.5) is 0 Å². The Morgan fingerprint density at radius 2 is 1.63 bits per heavy atom. The van der Waals surface area contributed by atoms with E-state index < -0.39 is 0 Å². The predicted octanol–water partition coefficient (Wildman–Crippen LogP) is 2.87. The van der Waals surface area contributed by atoms with Crippen LogP contribution in [0.25, 0.3) is 0 Å². The van der Waals surface area contributed by atoms with E-state index in [2.05, 4.69) is 17.8 Å². The van der Waals surface area contributed by atoms with Gasteiger partial charge in [0, 0.05) is 22.1 Å². The second kappa shape index (κ2) is 5.57. The molecular weight excluding hydrogens is 252 g/mol. The molecule has 0 saturated carbocycles. The number of benzene rings is 1. The van der Waals surface area contributed by atoms with Crippen LogP contribution in [0.2, 0.25) is 0 Å². The molecule has 0 N–H and O–H groups in total. The van der Waals surface area contributed by atoms with Gasteiger partial charge >= 0.3 is 0 Å². The van der Waals surface area contributed by atoms with Crippen molar-refractivity contribution in [1.82, 2.24) is 0 Å². The molecule has 0 atom stereocenters. The summed E-state index contributed by atoms with van der Waals surface area (Å²) in [6, 6.07) is 9.04. The van der Waals surface area contributed by atoms with Crippen molar-refractivity contribution >= 4 is 11.3 Å². The van der Waals surface area contributed by atoms with Crippen molar-refractivity contribution in [3.63, 3.8) is 0 Å². The van der Waals surface area contributed by atoms with Crippen molar-refractivity contribution in [3.8, 4) is 36.3 Å². The summed E-state index contributed by atoms with van der Waals surface area (Å²) in [7, 11) is 0. The van der Waals surface area contributed by atoms with E-state index in [9.17, 15) is 0 Å². The quantitative estimate of drug-likeness (QED) is 0.682. The highest BCUT2D eigenvalue weighted by Gasteiger charge is 2.06.